The third kappa shape index (κ3) is 3.37. The number of carbonyl (C=O) groups is 1. The van der Waals surface area contributed by atoms with E-state index in [1.807, 2.05) is 6.20 Å². The average Bonchev–Trinajstić information content (AvgIpc) is 2.49. The van der Waals surface area contributed by atoms with Crippen molar-refractivity contribution in [3.05, 3.63) is 29.6 Å². The number of pyridine rings is 1. The topological polar surface area (TPSA) is 53.4 Å². The Morgan fingerprint density at radius 3 is 2.55 bits per heavy atom. The van der Waals surface area contributed by atoms with Gasteiger partial charge in [-0.3, -0.25) is 14.7 Å². The van der Waals surface area contributed by atoms with Gasteiger partial charge in [0, 0.05) is 6.20 Å². The Morgan fingerprint density at radius 2 is 2.10 bits per heavy atom. The number of hydrogen-bond acceptors (Lipinski definition) is 3. The van der Waals surface area contributed by atoms with Crippen LogP contribution in [0, 0.1) is 5.92 Å². The van der Waals surface area contributed by atoms with Gasteiger partial charge in [0.25, 0.3) is 0 Å². The quantitative estimate of drug-likeness (QED) is 0.898. The Bertz CT molecular complexity index is 436. The van der Waals surface area contributed by atoms with Gasteiger partial charge in [0.05, 0.1) is 17.7 Å². The summed E-state index contributed by atoms with van der Waals surface area (Å²) < 4.78 is 0. The fraction of sp³-hybridized carbons (Fsp3) is 0.625. The minimum Gasteiger partial charge on any atom is -0.481 e. The molecule has 0 bridgehead atoms. The Hall–Kier alpha value is -1.42. The first-order chi connectivity index (χ1) is 9.65. The molecule has 0 amide bonds. The van der Waals surface area contributed by atoms with Crippen molar-refractivity contribution in [3.63, 3.8) is 0 Å². The molecule has 0 spiro atoms. The number of nitrogens with zero attached hydrogens (tertiary/aromatic N) is 2. The van der Waals surface area contributed by atoms with Crippen LogP contribution in [0.15, 0.2) is 18.3 Å². The van der Waals surface area contributed by atoms with Crippen molar-refractivity contribution in [2.45, 2.75) is 45.6 Å². The zero-order valence-electron chi connectivity index (χ0n) is 12.4. The van der Waals surface area contributed by atoms with Gasteiger partial charge in [-0.2, -0.15) is 0 Å². The second kappa shape index (κ2) is 6.84. The van der Waals surface area contributed by atoms with Crippen LogP contribution >= 0.6 is 0 Å². The summed E-state index contributed by atoms with van der Waals surface area (Å²) in [6.45, 7) is 6.01. The molecule has 4 heteroatoms. The molecule has 0 aromatic carbocycles. The Labute approximate surface area is 120 Å². The number of aliphatic carboxylic acids is 1. The molecule has 1 aromatic heterocycles. The number of carboxylic acid groups (broad SMARTS) is 1. The lowest BCUT2D eigenvalue weighted by Gasteiger charge is -2.35. The van der Waals surface area contributed by atoms with Crippen LogP contribution in [0.5, 0.6) is 0 Å². The second-order valence-electron chi connectivity index (χ2n) is 5.52. The highest BCUT2D eigenvalue weighted by molar-refractivity contribution is 5.70. The summed E-state index contributed by atoms with van der Waals surface area (Å²) in [4.78, 5) is 18.0. The highest BCUT2D eigenvalue weighted by Crippen LogP contribution is 2.28. The van der Waals surface area contributed by atoms with Crippen molar-refractivity contribution < 1.29 is 9.90 Å². The second-order valence-corrected chi connectivity index (χ2v) is 5.52. The lowest BCUT2D eigenvalue weighted by molar-refractivity contribution is -0.143. The summed E-state index contributed by atoms with van der Waals surface area (Å²) in [6.07, 6.45) is 5.48. The molecule has 4 nitrogen and oxygen atoms in total. The zero-order chi connectivity index (χ0) is 14.5. The third-order valence-electron chi connectivity index (χ3n) is 4.30. The van der Waals surface area contributed by atoms with E-state index in [1.165, 1.54) is 5.56 Å². The molecule has 20 heavy (non-hydrogen) atoms. The molecule has 1 aromatic rings. The predicted molar refractivity (Wildman–Crippen MR) is 78.6 cm³/mol. The number of rotatable bonds is 5. The molecule has 0 saturated carbocycles. The summed E-state index contributed by atoms with van der Waals surface area (Å²) in [5.41, 5.74) is 2.37. The molecular weight excluding hydrogens is 252 g/mol. The van der Waals surface area contributed by atoms with Gasteiger partial charge in [-0.15, -0.1) is 0 Å². The SMILES string of the molecule is CCc1ccc(C(CC)N2CCC(C(=O)O)CC2)nc1. The van der Waals surface area contributed by atoms with E-state index in [4.69, 9.17) is 5.11 Å². The monoisotopic (exact) mass is 276 g/mol. The summed E-state index contributed by atoms with van der Waals surface area (Å²) >= 11 is 0. The first-order valence-electron chi connectivity index (χ1n) is 7.57. The van der Waals surface area contributed by atoms with Crippen LogP contribution < -0.4 is 0 Å². The van der Waals surface area contributed by atoms with Gasteiger partial charge >= 0.3 is 5.97 Å². The van der Waals surface area contributed by atoms with Gasteiger partial charge in [0.2, 0.25) is 0 Å². The van der Waals surface area contributed by atoms with Gasteiger partial charge in [0.1, 0.15) is 0 Å². The van der Waals surface area contributed by atoms with Crippen molar-refractivity contribution in [2.75, 3.05) is 13.1 Å². The largest absolute Gasteiger partial charge is 0.481 e. The fourth-order valence-corrected chi connectivity index (χ4v) is 2.95. The molecule has 2 heterocycles. The van der Waals surface area contributed by atoms with Crippen LogP contribution in [-0.2, 0) is 11.2 Å². The molecule has 1 atom stereocenters. The molecule has 0 aliphatic carbocycles. The molecule has 1 N–H and O–H groups in total. The summed E-state index contributed by atoms with van der Waals surface area (Å²) in [5.74, 6) is -0.817. The van der Waals surface area contributed by atoms with Crippen molar-refractivity contribution in [3.8, 4) is 0 Å². The molecule has 1 saturated heterocycles. The van der Waals surface area contributed by atoms with Gasteiger partial charge < -0.3 is 5.11 Å². The third-order valence-corrected chi connectivity index (χ3v) is 4.30. The normalized spacial score (nSPS) is 18.9. The highest BCUT2D eigenvalue weighted by Gasteiger charge is 2.28. The fourth-order valence-electron chi connectivity index (χ4n) is 2.95. The summed E-state index contributed by atoms with van der Waals surface area (Å²) in [7, 11) is 0. The Kier molecular flexibility index (Phi) is 5.12. The Morgan fingerprint density at radius 1 is 1.40 bits per heavy atom. The molecule has 1 unspecified atom stereocenters. The molecule has 1 aliphatic rings. The van der Waals surface area contributed by atoms with E-state index >= 15 is 0 Å². The molecule has 110 valence electrons. The number of piperidine rings is 1. The maximum Gasteiger partial charge on any atom is 0.306 e. The van der Waals surface area contributed by atoms with E-state index in [1.54, 1.807) is 0 Å². The highest BCUT2D eigenvalue weighted by atomic mass is 16.4. The molecule has 1 aliphatic heterocycles. The maximum atomic E-state index is 11.0. The standard InChI is InChI=1S/C16H24N2O2/c1-3-12-5-6-14(17-11-12)15(4-2)18-9-7-13(8-10-18)16(19)20/h5-6,11,13,15H,3-4,7-10H2,1-2H3,(H,19,20). The molecule has 1 fully saturated rings. The first-order valence-corrected chi connectivity index (χ1v) is 7.57. The van der Waals surface area contributed by atoms with Crippen LogP contribution in [0.1, 0.15) is 50.4 Å². The van der Waals surface area contributed by atoms with Crippen LogP contribution in [0.3, 0.4) is 0 Å². The first kappa shape index (κ1) is 15.0. The van der Waals surface area contributed by atoms with Crippen LogP contribution in [0.2, 0.25) is 0 Å². The molecular formula is C16H24N2O2. The van der Waals surface area contributed by atoms with E-state index in [2.05, 4.69) is 35.9 Å². The molecule has 2 rings (SSSR count). The van der Waals surface area contributed by atoms with Crippen molar-refractivity contribution in [1.29, 1.82) is 0 Å². The lowest BCUT2D eigenvalue weighted by atomic mass is 9.94. The number of aromatic nitrogens is 1. The van der Waals surface area contributed by atoms with E-state index < -0.39 is 5.97 Å². The Balaban J connectivity index is 2.03. The number of carboxylic acids is 1. The van der Waals surface area contributed by atoms with E-state index in [0.717, 1.165) is 44.5 Å². The van der Waals surface area contributed by atoms with Crippen LogP contribution in [0.4, 0.5) is 0 Å². The van der Waals surface area contributed by atoms with Gasteiger partial charge in [-0.25, -0.2) is 0 Å². The smallest absolute Gasteiger partial charge is 0.306 e. The number of likely N-dealkylation sites (tertiary alicyclic amines) is 1. The van der Waals surface area contributed by atoms with E-state index in [0.29, 0.717) is 6.04 Å². The van der Waals surface area contributed by atoms with Gasteiger partial charge in [0.15, 0.2) is 0 Å². The summed E-state index contributed by atoms with van der Waals surface area (Å²) in [5, 5.41) is 9.06. The average molecular weight is 276 g/mol. The zero-order valence-corrected chi connectivity index (χ0v) is 12.4. The van der Waals surface area contributed by atoms with Crippen LogP contribution in [-0.4, -0.2) is 34.0 Å². The number of aryl methyl sites for hydroxylation is 1. The maximum absolute atomic E-state index is 11.0. The van der Waals surface area contributed by atoms with Gasteiger partial charge in [-0.1, -0.05) is 19.9 Å². The van der Waals surface area contributed by atoms with E-state index in [-0.39, 0.29) is 5.92 Å². The van der Waals surface area contributed by atoms with E-state index in [9.17, 15) is 4.79 Å². The number of hydrogen-bond donors (Lipinski definition) is 1. The molecule has 0 radical (unpaired) electrons. The van der Waals surface area contributed by atoms with Crippen molar-refractivity contribution in [1.82, 2.24) is 9.88 Å². The van der Waals surface area contributed by atoms with Crippen molar-refractivity contribution >= 4 is 5.97 Å². The minimum atomic E-state index is -0.650. The summed E-state index contributed by atoms with van der Waals surface area (Å²) in [6, 6.07) is 4.58. The lowest BCUT2D eigenvalue weighted by Crippen LogP contribution is -2.38. The minimum absolute atomic E-state index is 0.167. The van der Waals surface area contributed by atoms with Crippen LogP contribution in [0.25, 0.3) is 0 Å². The predicted octanol–water partition coefficient (Wildman–Crippen LogP) is 2.89. The van der Waals surface area contributed by atoms with Crippen molar-refractivity contribution in [2.24, 2.45) is 5.92 Å². The van der Waals surface area contributed by atoms with Gasteiger partial charge in [-0.05, 0) is 50.4 Å².